The molecule has 0 unspecified atom stereocenters. The molecule has 5 heteroatoms. The maximum absolute atomic E-state index is 11.6. The smallest absolute Gasteiger partial charge is 0.243 e. The fourth-order valence-corrected chi connectivity index (χ4v) is 2.45. The zero-order valence-electron chi connectivity index (χ0n) is 9.18. The highest BCUT2D eigenvalue weighted by molar-refractivity contribution is 7.09. The third kappa shape index (κ3) is 2.48. The number of likely N-dealkylation sites (N-methyl/N-ethyl adjacent to an activating group) is 1. The second-order valence-corrected chi connectivity index (χ2v) is 4.97. The fraction of sp³-hybridized carbons (Fsp3) is 0.455. The van der Waals surface area contributed by atoms with Crippen molar-refractivity contribution in [3.63, 3.8) is 0 Å². The Labute approximate surface area is 98.5 Å². The van der Waals surface area contributed by atoms with Gasteiger partial charge in [0, 0.05) is 11.4 Å². The molecule has 1 saturated heterocycles. The molecule has 2 rings (SSSR count). The Morgan fingerprint density at radius 1 is 1.31 bits per heavy atom. The summed E-state index contributed by atoms with van der Waals surface area (Å²) in [7, 11) is 1.78. The number of rotatable bonds is 3. The fourth-order valence-electron chi connectivity index (χ4n) is 1.75. The number of nitrogens with zero attached hydrogens (tertiary/aromatic N) is 2. The van der Waals surface area contributed by atoms with E-state index in [9.17, 15) is 9.59 Å². The van der Waals surface area contributed by atoms with Gasteiger partial charge >= 0.3 is 0 Å². The number of carbonyl (C=O) groups is 2. The lowest BCUT2D eigenvalue weighted by molar-refractivity contribution is -0.150. The highest BCUT2D eigenvalue weighted by atomic mass is 32.1. The van der Waals surface area contributed by atoms with Crippen LogP contribution in [0.4, 0.5) is 0 Å². The number of carbonyl (C=O) groups excluding carboxylic acids is 2. The van der Waals surface area contributed by atoms with E-state index in [2.05, 4.69) is 0 Å². The molecular formula is C11H14N2O2S. The second kappa shape index (κ2) is 4.76. The van der Waals surface area contributed by atoms with Crippen LogP contribution in [-0.2, 0) is 16.0 Å². The van der Waals surface area contributed by atoms with Gasteiger partial charge in [-0.1, -0.05) is 6.07 Å². The van der Waals surface area contributed by atoms with Gasteiger partial charge in [-0.15, -0.1) is 11.3 Å². The van der Waals surface area contributed by atoms with Crippen LogP contribution in [0.5, 0.6) is 0 Å². The van der Waals surface area contributed by atoms with E-state index in [1.165, 1.54) is 9.78 Å². The minimum atomic E-state index is -0.0877. The highest BCUT2D eigenvalue weighted by Crippen LogP contribution is 2.11. The lowest BCUT2D eigenvalue weighted by Crippen LogP contribution is -2.53. The molecule has 16 heavy (non-hydrogen) atoms. The highest BCUT2D eigenvalue weighted by Gasteiger charge is 2.28. The van der Waals surface area contributed by atoms with Crippen LogP contribution in [0.1, 0.15) is 4.88 Å². The van der Waals surface area contributed by atoms with Gasteiger partial charge in [-0.3, -0.25) is 19.4 Å². The molecule has 0 radical (unpaired) electrons. The lowest BCUT2D eigenvalue weighted by Gasteiger charge is -2.30. The summed E-state index contributed by atoms with van der Waals surface area (Å²) in [6.07, 6.45) is 0.763. The van der Waals surface area contributed by atoms with Gasteiger partial charge in [0.1, 0.15) is 0 Å². The Morgan fingerprint density at radius 2 is 2.00 bits per heavy atom. The van der Waals surface area contributed by atoms with E-state index in [4.69, 9.17) is 0 Å². The SMILES string of the molecule is CN1CC(=O)N(CCc2cccs2)C(=O)C1. The molecule has 1 fully saturated rings. The van der Waals surface area contributed by atoms with Gasteiger partial charge in [-0.05, 0) is 24.9 Å². The van der Waals surface area contributed by atoms with Crippen LogP contribution in [0.15, 0.2) is 17.5 Å². The van der Waals surface area contributed by atoms with Gasteiger partial charge in [-0.25, -0.2) is 0 Å². The van der Waals surface area contributed by atoms with Crippen LogP contribution < -0.4 is 0 Å². The summed E-state index contributed by atoms with van der Waals surface area (Å²) >= 11 is 1.65. The molecule has 0 atom stereocenters. The van der Waals surface area contributed by atoms with Crippen molar-refractivity contribution in [1.82, 2.24) is 9.80 Å². The van der Waals surface area contributed by atoms with Gasteiger partial charge in [0.05, 0.1) is 13.1 Å². The normalized spacial score (nSPS) is 18.2. The molecule has 0 bridgehead atoms. The standard InChI is InChI=1S/C11H14N2O2S/c1-12-7-10(14)13(11(15)8-12)5-4-9-3-2-6-16-9/h2-3,6H,4-5,7-8H2,1H3. The van der Waals surface area contributed by atoms with Crippen molar-refractivity contribution >= 4 is 23.2 Å². The number of hydrogen-bond acceptors (Lipinski definition) is 4. The maximum Gasteiger partial charge on any atom is 0.243 e. The quantitative estimate of drug-likeness (QED) is 0.724. The van der Waals surface area contributed by atoms with Gasteiger partial charge < -0.3 is 0 Å². The minimum Gasteiger partial charge on any atom is -0.289 e. The summed E-state index contributed by atoms with van der Waals surface area (Å²) in [6, 6.07) is 4.00. The monoisotopic (exact) mass is 238 g/mol. The van der Waals surface area contributed by atoms with Gasteiger partial charge in [0.2, 0.25) is 11.8 Å². The van der Waals surface area contributed by atoms with Crippen molar-refractivity contribution in [3.05, 3.63) is 22.4 Å². The van der Waals surface area contributed by atoms with E-state index in [1.807, 2.05) is 17.5 Å². The number of piperazine rings is 1. The Hall–Kier alpha value is -1.20. The number of thiophene rings is 1. The molecule has 0 aliphatic carbocycles. The summed E-state index contributed by atoms with van der Waals surface area (Å²) in [5, 5.41) is 2.00. The van der Waals surface area contributed by atoms with Crippen LogP contribution >= 0.6 is 11.3 Å². The van der Waals surface area contributed by atoms with Crippen molar-refractivity contribution in [2.75, 3.05) is 26.7 Å². The van der Waals surface area contributed by atoms with Gasteiger partial charge in [0.15, 0.2) is 0 Å². The first-order valence-corrected chi connectivity index (χ1v) is 6.09. The zero-order chi connectivity index (χ0) is 11.5. The van der Waals surface area contributed by atoms with Crippen LogP contribution in [0.25, 0.3) is 0 Å². The molecule has 0 N–H and O–H groups in total. The van der Waals surface area contributed by atoms with E-state index < -0.39 is 0 Å². The van der Waals surface area contributed by atoms with Crippen LogP contribution in [0, 0.1) is 0 Å². The van der Waals surface area contributed by atoms with E-state index in [0.29, 0.717) is 19.6 Å². The first kappa shape index (κ1) is 11.3. The Kier molecular flexibility index (Phi) is 3.36. The van der Waals surface area contributed by atoms with Crippen LogP contribution in [-0.4, -0.2) is 48.3 Å². The van der Waals surface area contributed by atoms with Gasteiger partial charge in [-0.2, -0.15) is 0 Å². The first-order valence-electron chi connectivity index (χ1n) is 5.21. The molecule has 1 aliphatic heterocycles. The average Bonchev–Trinajstić information content (AvgIpc) is 2.68. The molecule has 1 aromatic rings. The number of hydrogen-bond donors (Lipinski definition) is 0. The molecular weight excluding hydrogens is 224 g/mol. The van der Waals surface area contributed by atoms with Crippen molar-refractivity contribution < 1.29 is 9.59 Å². The molecule has 4 nitrogen and oxygen atoms in total. The minimum absolute atomic E-state index is 0.0877. The second-order valence-electron chi connectivity index (χ2n) is 3.94. The summed E-state index contributed by atoms with van der Waals surface area (Å²) in [6.45, 7) is 1.19. The number of imide groups is 1. The van der Waals surface area contributed by atoms with E-state index in [-0.39, 0.29) is 11.8 Å². The van der Waals surface area contributed by atoms with Crippen molar-refractivity contribution in [1.29, 1.82) is 0 Å². The van der Waals surface area contributed by atoms with Crippen molar-refractivity contribution in [3.8, 4) is 0 Å². The third-order valence-corrected chi connectivity index (χ3v) is 3.51. The topological polar surface area (TPSA) is 40.6 Å². The molecule has 1 aliphatic rings. The Bertz CT molecular complexity index is 371. The van der Waals surface area contributed by atoms with Crippen molar-refractivity contribution in [2.45, 2.75) is 6.42 Å². The first-order chi connectivity index (χ1) is 7.66. The zero-order valence-corrected chi connectivity index (χ0v) is 10.00. The third-order valence-electron chi connectivity index (χ3n) is 2.57. The molecule has 1 aromatic heterocycles. The molecule has 86 valence electrons. The summed E-state index contributed by atoms with van der Waals surface area (Å²) < 4.78 is 0. The van der Waals surface area contributed by atoms with Gasteiger partial charge in [0.25, 0.3) is 0 Å². The predicted molar refractivity (Wildman–Crippen MR) is 62.2 cm³/mol. The van der Waals surface area contributed by atoms with E-state index in [0.717, 1.165) is 6.42 Å². The molecule has 2 heterocycles. The van der Waals surface area contributed by atoms with E-state index in [1.54, 1.807) is 23.3 Å². The van der Waals surface area contributed by atoms with Crippen LogP contribution in [0.3, 0.4) is 0 Å². The molecule has 0 saturated carbocycles. The largest absolute Gasteiger partial charge is 0.289 e. The molecule has 2 amide bonds. The maximum atomic E-state index is 11.6. The number of amides is 2. The summed E-state index contributed by atoms with van der Waals surface area (Å²) in [5.41, 5.74) is 0. The van der Waals surface area contributed by atoms with Crippen LogP contribution in [0.2, 0.25) is 0 Å². The average molecular weight is 238 g/mol. The lowest BCUT2D eigenvalue weighted by atomic mass is 10.2. The Morgan fingerprint density at radius 3 is 2.56 bits per heavy atom. The summed E-state index contributed by atoms with van der Waals surface area (Å²) in [5.74, 6) is -0.175. The predicted octanol–water partition coefficient (Wildman–Crippen LogP) is 0.591. The molecule has 0 spiro atoms. The Balaban J connectivity index is 1.93. The van der Waals surface area contributed by atoms with E-state index >= 15 is 0 Å². The summed E-state index contributed by atoms with van der Waals surface area (Å²) in [4.78, 5) is 27.6. The molecule has 0 aromatic carbocycles. The van der Waals surface area contributed by atoms with Crippen molar-refractivity contribution in [2.24, 2.45) is 0 Å².